The largest absolute Gasteiger partial charge is 0.479 e. The van der Waals surface area contributed by atoms with Crippen LogP contribution in [0.25, 0.3) is 0 Å². The van der Waals surface area contributed by atoms with Crippen molar-refractivity contribution in [3.8, 4) is 11.8 Å². The number of nitrogens with one attached hydrogen (secondary N) is 1. The molecule has 1 aromatic carbocycles. The van der Waals surface area contributed by atoms with Crippen molar-refractivity contribution in [2.45, 2.75) is 20.0 Å². The molecule has 6 nitrogen and oxygen atoms in total. The molecule has 0 fully saturated rings. The van der Waals surface area contributed by atoms with Gasteiger partial charge in [0.15, 0.2) is 6.10 Å². The Hall–Kier alpha value is -2.27. The second-order valence-electron chi connectivity index (χ2n) is 5.19. The van der Waals surface area contributed by atoms with Crippen LogP contribution in [0.5, 0.6) is 5.75 Å². The van der Waals surface area contributed by atoms with Gasteiger partial charge in [0.1, 0.15) is 21.7 Å². The van der Waals surface area contributed by atoms with Crippen LogP contribution in [0, 0.1) is 18.3 Å². The van der Waals surface area contributed by atoms with Gasteiger partial charge in [-0.05, 0) is 37.6 Å². The van der Waals surface area contributed by atoms with E-state index in [1.807, 2.05) is 6.07 Å². The second-order valence-corrected chi connectivity index (χ2v) is 7.05. The Kier molecular flexibility index (Phi) is 6.48. The highest BCUT2D eigenvalue weighted by atomic mass is 35.5. The van der Waals surface area contributed by atoms with E-state index in [0.29, 0.717) is 16.3 Å². The predicted octanol–water partition coefficient (Wildman–Crippen LogP) is 4.43. The maximum atomic E-state index is 12.4. The lowest BCUT2D eigenvalue weighted by molar-refractivity contribution is -0.122. The number of thiophene rings is 1. The van der Waals surface area contributed by atoms with Crippen molar-refractivity contribution in [2.24, 2.45) is 0 Å². The Morgan fingerprint density at radius 1 is 1.35 bits per heavy atom. The zero-order valence-electron chi connectivity index (χ0n) is 14.1. The number of hydrogen-bond donors (Lipinski definition) is 1. The molecule has 136 valence electrons. The minimum atomic E-state index is -0.899. The molecule has 2 rings (SSSR count). The highest BCUT2D eigenvalue weighted by molar-refractivity contribution is 7.18. The van der Waals surface area contributed by atoms with Crippen molar-refractivity contribution < 1.29 is 19.1 Å². The third-order valence-corrected chi connectivity index (χ3v) is 5.15. The molecule has 0 aliphatic heterocycles. The topological polar surface area (TPSA) is 88.4 Å². The van der Waals surface area contributed by atoms with Gasteiger partial charge < -0.3 is 14.8 Å². The number of hydrogen-bond acceptors (Lipinski definition) is 6. The summed E-state index contributed by atoms with van der Waals surface area (Å²) in [6.45, 7) is 3.15. The number of halogens is 2. The molecule has 1 atom stereocenters. The SMILES string of the molecule is COC(=O)c1sc(NC(=O)[C@@H](C)Oc2ccc(Cl)cc2Cl)c(C#N)c1C. The molecule has 1 aromatic heterocycles. The van der Waals surface area contributed by atoms with Crippen molar-refractivity contribution in [1.82, 2.24) is 0 Å². The van der Waals surface area contributed by atoms with E-state index in [4.69, 9.17) is 27.9 Å². The van der Waals surface area contributed by atoms with Crippen molar-refractivity contribution >= 4 is 51.4 Å². The summed E-state index contributed by atoms with van der Waals surface area (Å²) in [5.74, 6) is -0.760. The number of benzene rings is 1. The Balaban J connectivity index is 2.19. The smallest absolute Gasteiger partial charge is 0.348 e. The van der Waals surface area contributed by atoms with Crippen LogP contribution in [-0.4, -0.2) is 25.1 Å². The summed E-state index contributed by atoms with van der Waals surface area (Å²) in [6.07, 6.45) is -0.899. The molecular weight excluding hydrogens is 399 g/mol. The van der Waals surface area contributed by atoms with Gasteiger partial charge in [0.05, 0.1) is 17.7 Å². The van der Waals surface area contributed by atoms with Crippen LogP contribution in [0.15, 0.2) is 18.2 Å². The number of carbonyl (C=O) groups excluding carboxylic acids is 2. The number of amides is 1. The molecule has 0 aliphatic rings. The fourth-order valence-corrected chi connectivity index (χ4v) is 3.58. The van der Waals surface area contributed by atoms with E-state index in [9.17, 15) is 14.9 Å². The zero-order valence-corrected chi connectivity index (χ0v) is 16.4. The van der Waals surface area contributed by atoms with Gasteiger partial charge in [0.2, 0.25) is 0 Å². The average molecular weight is 413 g/mol. The van der Waals surface area contributed by atoms with Crippen LogP contribution in [-0.2, 0) is 9.53 Å². The van der Waals surface area contributed by atoms with Crippen molar-refractivity contribution in [3.63, 3.8) is 0 Å². The fraction of sp³-hybridized carbons (Fsp3) is 0.235. The molecule has 0 radical (unpaired) electrons. The third-order valence-electron chi connectivity index (χ3n) is 3.43. The van der Waals surface area contributed by atoms with E-state index in [-0.39, 0.29) is 20.5 Å². The summed E-state index contributed by atoms with van der Waals surface area (Å²) >= 11 is 12.8. The molecule has 1 N–H and O–H groups in total. The number of rotatable bonds is 5. The molecule has 0 saturated heterocycles. The van der Waals surface area contributed by atoms with E-state index < -0.39 is 18.0 Å². The van der Waals surface area contributed by atoms with Crippen LogP contribution in [0.1, 0.15) is 27.7 Å². The molecule has 1 amide bonds. The maximum absolute atomic E-state index is 12.4. The summed E-state index contributed by atoms with van der Waals surface area (Å²) in [5.41, 5.74) is 0.662. The fourth-order valence-electron chi connectivity index (χ4n) is 2.05. The van der Waals surface area contributed by atoms with E-state index >= 15 is 0 Å². The van der Waals surface area contributed by atoms with Crippen LogP contribution in [0.4, 0.5) is 5.00 Å². The van der Waals surface area contributed by atoms with E-state index in [1.54, 1.807) is 19.1 Å². The lowest BCUT2D eigenvalue weighted by Crippen LogP contribution is -2.30. The molecule has 26 heavy (non-hydrogen) atoms. The first-order valence-electron chi connectivity index (χ1n) is 7.32. The summed E-state index contributed by atoms with van der Waals surface area (Å²) in [7, 11) is 1.25. The van der Waals surface area contributed by atoms with Crippen LogP contribution in [0.2, 0.25) is 10.0 Å². The lowest BCUT2D eigenvalue weighted by atomic mass is 10.2. The van der Waals surface area contributed by atoms with E-state index in [0.717, 1.165) is 11.3 Å². The Labute approximate surface area is 164 Å². The minimum absolute atomic E-state index is 0.209. The van der Waals surface area contributed by atoms with Gasteiger partial charge in [-0.15, -0.1) is 11.3 Å². The molecular formula is C17H14Cl2N2O4S. The molecule has 1 heterocycles. The van der Waals surface area contributed by atoms with Crippen LogP contribution < -0.4 is 10.1 Å². The Bertz CT molecular complexity index is 905. The quantitative estimate of drug-likeness (QED) is 0.733. The average Bonchev–Trinajstić information content (AvgIpc) is 2.91. The molecule has 0 saturated carbocycles. The van der Waals surface area contributed by atoms with Gasteiger partial charge in [-0.3, -0.25) is 4.79 Å². The summed E-state index contributed by atoms with van der Waals surface area (Å²) < 4.78 is 10.2. The zero-order chi connectivity index (χ0) is 19.4. The summed E-state index contributed by atoms with van der Waals surface area (Å²) in [6, 6.07) is 6.63. The van der Waals surface area contributed by atoms with E-state index in [2.05, 4.69) is 10.1 Å². The monoisotopic (exact) mass is 412 g/mol. The Morgan fingerprint density at radius 3 is 2.62 bits per heavy atom. The number of carbonyl (C=O) groups is 2. The number of ether oxygens (including phenoxy) is 2. The molecule has 2 aromatic rings. The summed E-state index contributed by atoms with van der Waals surface area (Å²) in [4.78, 5) is 24.4. The summed E-state index contributed by atoms with van der Waals surface area (Å²) in [5, 5.41) is 12.9. The van der Waals surface area contributed by atoms with Crippen molar-refractivity contribution in [1.29, 1.82) is 5.26 Å². The molecule has 0 unspecified atom stereocenters. The predicted molar refractivity (Wildman–Crippen MR) is 100 cm³/mol. The normalized spacial score (nSPS) is 11.4. The van der Waals surface area contributed by atoms with Crippen molar-refractivity contribution in [3.05, 3.63) is 44.2 Å². The number of nitriles is 1. The third kappa shape index (κ3) is 4.28. The number of nitrogens with zero attached hydrogens (tertiary/aromatic N) is 1. The molecule has 0 spiro atoms. The molecule has 0 bridgehead atoms. The molecule has 9 heteroatoms. The standard InChI is InChI=1S/C17H14Cl2N2O4S/c1-8-11(7-20)16(26-14(8)17(23)24-3)21-15(22)9(2)25-13-5-4-10(18)6-12(13)19/h4-6,9H,1-3H3,(H,21,22)/t9-/m1/s1. The first-order valence-corrected chi connectivity index (χ1v) is 8.90. The second kappa shape index (κ2) is 8.41. The highest BCUT2D eigenvalue weighted by Gasteiger charge is 2.24. The van der Waals surface area contributed by atoms with Gasteiger partial charge in [-0.2, -0.15) is 5.26 Å². The van der Waals surface area contributed by atoms with Crippen LogP contribution in [0.3, 0.4) is 0 Å². The Morgan fingerprint density at radius 2 is 2.04 bits per heavy atom. The van der Waals surface area contributed by atoms with Gasteiger partial charge in [-0.1, -0.05) is 23.2 Å². The highest BCUT2D eigenvalue weighted by Crippen LogP contribution is 2.33. The maximum Gasteiger partial charge on any atom is 0.348 e. The van der Waals surface area contributed by atoms with E-state index in [1.165, 1.54) is 20.1 Å². The van der Waals surface area contributed by atoms with Gasteiger partial charge in [0.25, 0.3) is 5.91 Å². The number of methoxy groups -OCH3 is 1. The first kappa shape index (κ1) is 20.0. The van der Waals surface area contributed by atoms with Gasteiger partial charge in [-0.25, -0.2) is 4.79 Å². The first-order chi connectivity index (χ1) is 12.3. The van der Waals surface area contributed by atoms with Crippen molar-refractivity contribution in [2.75, 3.05) is 12.4 Å². The molecule has 0 aliphatic carbocycles. The van der Waals surface area contributed by atoms with Gasteiger partial charge in [0, 0.05) is 5.02 Å². The minimum Gasteiger partial charge on any atom is -0.479 e. The van der Waals surface area contributed by atoms with Crippen LogP contribution >= 0.6 is 34.5 Å². The number of anilines is 1. The lowest BCUT2D eigenvalue weighted by Gasteiger charge is -2.15. The number of esters is 1. The van der Waals surface area contributed by atoms with Gasteiger partial charge >= 0.3 is 5.97 Å².